The van der Waals surface area contributed by atoms with Crippen molar-refractivity contribution in [3.05, 3.63) is 48.2 Å². The molecule has 0 radical (unpaired) electrons. The molecule has 0 spiro atoms. The number of nitrogens with one attached hydrogen (secondary N) is 1. The van der Waals surface area contributed by atoms with E-state index in [1.54, 1.807) is 6.92 Å². The molecule has 2 atom stereocenters. The van der Waals surface area contributed by atoms with Crippen molar-refractivity contribution in [2.45, 2.75) is 86.2 Å². The first kappa shape index (κ1) is 30.1. The molecule has 0 aromatic heterocycles. The number of unbranched alkanes of at least 4 members (excludes halogenated alkanes) is 1. The molecule has 1 aromatic carbocycles. The lowest BCUT2D eigenvalue weighted by Crippen LogP contribution is -2.41. The van der Waals surface area contributed by atoms with Gasteiger partial charge in [-0.3, -0.25) is 4.79 Å². The number of carbonyl (C=O) groups is 1. The molecular formula is C23H45N3O. The number of benzene rings is 1. The zero-order valence-corrected chi connectivity index (χ0v) is 18.8. The van der Waals surface area contributed by atoms with E-state index in [1.807, 2.05) is 71.9 Å². The summed E-state index contributed by atoms with van der Waals surface area (Å²) in [7, 11) is 0. The first-order chi connectivity index (χ1) is 13.0. The van der Waals surface area contributed by atoms with Crippen molar-refractivity contribution in [2.24, 2.45) is 11.5 Å². The number of ketones is 1. The molecule has 4 heteroatoms. The van der Waals surface area contributed by atoms with E-state index in [0.717, 1.165) is 24.8 Å². The zero-order valence-electron chi connectivity index (χ0n) is 18.8. The van der Waals surface area contributed by atoms with Gasteiger partial charge in [-0.1, -0.05) is 78.5 Å². The standard InChI is InChI=1S/C17H27N3O.3C2H6/c1-13(16(19)12-15-8-4-3-5-9-15)20-17(14(2)21)10-6-7-11-18;3*1-2/h3-5,8-9,16-17,20H,1,6-7,10-12,18-19H2,2H3;3*1-2H3. The third kappa shape index (κ3) is 16.3. The summed E-state index contributed by atoms with van der Waals surface area (Å²) in [6.45, 7) is 18.2. The number of Topliss-reactive ketones (excluding diaryl/α,β-unsaturated/α-hetero) is 1. The van der Waals surface area contributed by atoms with Crippen molar-refractivity contribution in [1.29, 1.82) is 0 Å². The highest BCUT2D eigenvalue weighted by Gasteiger charge is 2.17. The van der Waals surface area contributed by atoms with Crippen LogP contribution < -0.4 is 16.8 Å². The Morgan fingerprint density at radius 3 is 2.00 bits per heavy atom. The van der Waals surface area contributed by atoms with Crippen LogP contribution in [-0.4, -0.2) is 24.4 Å². The van der Waals surface area contributed by atoms with Gasteiger partial charge in [0.05, 0.1) is 6.04 Å². The Morgan fingerprint density at radius 1 is 1.04 bits per heavy atom. The SMILES string of the molecule is C=C(NC(CCCCN)C(C)=O)C(N)Cc1ccccc1.CC.CC.CC. The van der Waals surface area contributed by atoms with Gasteiger partial charge in [-0.25, -0.2) is 0 Å². The fourth-order valence-corrected chi connectivity index (χ4v) is 2.19. The smallest absolute Gasteiger partial charge is 0.151 e. The second-order valence-corrected chi connectivity index (χ2v) is 5.41. The predicted molar refractivity (Wildman–Crippen MR) is 122 cm³/mol. The topological polar surface area (TPSA) is 81.1 Å². The van der Waals surface area contributed by atoms with Crippen LogP contribution in [0.3, 0.4) is 0 Å². The normalized spacial score (nSPS) is 11.1. The van der Waals surface area contributed by atoms with Crippen LogP contribution >= 0.6 is 0 Å². The summed E-state index contributed by atoms with van der Waals surface area (Å²) in [5, 5.41) is 3.19. The summed E-state index contributed by atoms with van der Waals surface area (Å²) in [5.41, 5.74) is 13.5. The minimum atomic E-state index is -0.217. The van der Waals surface area contributed by atoms with E-state index in [9.17, 15) is 4.79 Å². The molecule has 0 heterocycles. The maximum absolute atomic E-state index is 11.7. The Balaban J connectivity index is -0.000000869. The molecule has 0 aliphatic rings. The lowest BCUT2D eigenvalue weighted by Gasteiger charge is -2.23. The first-order valence-corrected chi connectivity index (χ1v) is 10.5. The minimum Gasteiger partial charge on any atom is -0.378 e. The Kier molecular flexibility index (Phi) is 25.0. The molecular weight excluding hydrogens is 334 g/mol. The van der Waals surface area contributed by atoms with Crippen LogP contribution in [0.1, 0.15) is 73.3 Å². The lowest BCUT2D eigenvalue weighted by molar-refractivity contribution is -0.119. The van der Waals surface area contributed by atoms with Crippen LogP contribution in [0.15, 0.2) is 42.6 Å². The van der Waals surface area contributed by atoms with E-state index in [1.165, 1.54) is 0 Å². The molecule has 0 aliphatic carbocycles. The van der Waals surface area contributed by atoms with Crippen LogP contribution in [0, 0.1) is 0 Å². The van der Waals surface area contributed by atoms with Gasteiger partial charge in [-0.05, 0) is 44.7 Å². The Morgan fingerprint density at radius 2 is 1.56 bits per heavy atom. The van der Waals surface area contributed by atoms with E-state index in [2.05, 4.69) is 11.9 Å². The molecule has 5 N–H and O–H groups in total. The van der Waals surface area contributed by atoms with Gasteiger partial charge in [0.15, 0.2) is 5.78 Å². The average molecular weight is 380 g/mol. The third-order valence-corrected chi connectivity index (χ3v) is 3.54. The highest BCUT2D eigenvalue weighted by molar-refractivity contribution is 5.81. The Hall–Kier alpha value is -1.65. The largest absolute Gasteiger partial charge is 0.378 e. The van der Waals surface area contributed by atoms with Gasteiger partial charge in [-0.2, -0.15) is 0 Å². The maximum Gasteiger partial charge on any atom is 0.151 e. The Labute approximate surface area is 168 Å². The summed E-state index contributed by atoms with van der Waals surface area (Å²) in [6, 6.07) is 9.61. The van der Waals surface area contributed by atoms with Crippen molar-refractivity contribution in [3.63, 3.8) is 0 Å². The predicted octanol–water partition coefficient (Wildman–Crippen LogP) is 4.82. The number of nitrogens with two attached hydrogens (primary N) is 2. The number of hydrogen-bond acceptors (Lipinski definition) is 4. The quantitative estimate of drug-likeness (QED) is 0.509. The third-order valence-electron chi connectivity index (χ3n) is 3.54. The summed E-state index contributed by atoms with van der Waals surface area (Å²) in [4.78, 5) is 11.7. The molecule has 0 saturated heterocycles. The number of rotatable bonds is 10. The van der Waals surface area contributed by atoms with E-state index >= 15 is 0 Å². The molecule has 1 rings (SSSR count). The van der Waals surface area contributed by atoms with E-state index < -0.39 is 0 Å². The first-order valence-electron chi connectivity index (χ1n) is 10.5. The van der Waals surface area contributed by atoms with Crippen molar-refractivity contribution < 1.29 is 4.79 Å². The van der Waals surface area contributed by atoms with Crippen LogP contribution in [0.5, 0.6) is 0 Å². The average Bonchev–Trinajstić information content (AvgIpc) is 2.72. The van der Waals surface area contributed by atoms with Crippen molar-refractivity contribution in [2.75, 3.05) is 6.54 Å². The highest BCUT2D eigenvalue weighted by atomic mass is 16.1. The molecule has 0 amide bonds. The van der Waals surface area contributed by atoms with Crippen LogP contribution in [-0.2, 0) is 11.2 Å². The summed E-state index contributed by atoms with van der Waals surface area (Å²) < 4.78 is 0. The highest BCUT2D eigenvalue weighted by Crippen LogP contribution is 2.09. The lowest BCUT2D eigenvalue weighted by atomic mass is 10.0. The second-order valence-electron chi connectivity index (χ2n) is 5.41. The fourth-order valence-electron chi connectivity index (χ4n) is 2.19. The van der Waals surface area contributed by atoms with Crippen LogP contribution in [0.25, 0.3) is 0 Å². The van der Waals surface area contributed by atoms with E-state index in [4.69, 9.17) is 11.5 Å². The summed E-state index contributed by atoms with van der Waals surface area (Å²) in [6.07, 6.45) is 3.33. The molecule has 0 bridgehead atoms. The number of hydrogen-bond donors (Lipinski definition) is 3. The van der Waals surface area contributed by atoms with Crippen molar-refractivity contribution >= 4 is 5.78 Å². The van der Waals surface area contributed by atoms with Gasteiger partial charge in [0, 0.05) is 11.7 Å². The van der Waals surface area contributed by atoms with Gasteiger partial charge >= 0.3 is 0 Å². The van der Waals surface area contributed by atoms with Gasteiger partial charge < -0.3 is 16.8 Å². The molecule has 0 fully saturated rings. The fraction of sp³-hybridized carbons (Fsp3) is 0.609. The molecule has 4 nitrogen and oxygen atoms in total. The molecule has 0 saturated carbocycles. The van der Waals surface area contributed by atoms with Crippen molar-refractivity contribution in [3.8, 4) is 0 Å². The zero-order chi connectivity index (χ0) is 21.7. The van der Waals surface area contributed by atoms with Gasteiger partial charge in [0.1, 0.15) is 0 Å². The second kappa shape index (κ2) is 22.4. The van der Waals surface area contributed by atoms with Gasteiger partial charge in [-0.15, -0.1) is 0 Å². The molecule has 158 valence electrons. The van der Waals surface area contributed by atoms with Gasteiger partial charge in [0.2, 0.25) is 0 Å². The molecule has 1 aromatic rings. The van der Waals surface area contributed by atoms with E-state index in [0.29, 0.717) is 18.7 Å². The Bertz CT molecular complexity index is 446. The van der Waals surface area contributed by atoms with Crippen molar-refractivity contribution in [1.82, 2.24) is 5.32 Å². The monoisotopic (exact) mass is 379 g/mol. The summed E-state index contributed by atoms with van der Waals surface area (Å²) in [5.74, 6) is 0.111. The molecule has 0 aliphatic heterocycles. The van der Waals surface area contributed by atoms with Crippen LogP contribution in [0.2, 0.25) is 0 Å². The summed E-state index contributed by atoms with van der Waals surface area (Å²) >= 11 is 0. The van der Waals surface area contributed by atoms with Crippen LogP contribution in [0.4, 0.5) is 0 Å². The maximum atomic E-state index is 11.7. The van der Waals surface area contributed by atoms with Gasteiger partial charge in [0.25, 0.3) is 0 Å². The number of carbonyl (C=O) groups excluding carboxylic acids is 1. The molecule has 2 unspecified atom stereocenters. The minimum absolute atomic E-state index is 0.111. The molecule has 27 heavy (non-hydrogen) atoms. The van der Waals surface area contributed by atoms with E-state index in [-0.39, 0.29) is 17.9 Å².